The van der Waals surface area contributed by atoms with Gasteiger partial charge in [0.2, 0.25) is 5.95 Å². The minimum absolute atomic E-state index is 0.273. The number of rotatable bonds is 11. The van der Waals surface area contributed by atoms with Crippen LogP contribution in [0.1, 0.15) is 30.9 Å². The lowest BCUT2D eigenvalue weighted by Crippen LogP contribution is -2.14. The molecule has 9 heteroatoms. The number of aromatic nitrogens is 4. The lowest BCUT2D eigenvalue weighted by Gasteiger charge is -2.11. The normalized spacial score (nSPS) is 11.3. The zero-order chi connectivity index (χ0) is 20.6. The van der Waals surface area contributed by atoms with Crippen molar-refractivity contribution in [1.82, 2.24) is 19.6 Å². The predicted molar refractivity (Wildman–Crippen MR) is 111 cm³/mol. The monoisotopic (exact) mass is 400 g/mol. The van der Waals surface area contributed by atoms with Gasteiger partial charge >= 0.3 is 6.01 Å². The largest absolute Gasteiger partial charge is 0.461 e. The first-order chi connectivity index (χ1) is 14.1. The fourth-order valence-corrected chi connectivity index (χ4v) is 2.78. The third kappa shape index (κ3) is 5.55. The van der Waals surface area contributed by atoms with E-state index in [-0.39, 0.29) is 11.9 Å². The summed E-state index contributed by atoms with van der Waals surface area (Å²) in [5.41, 5.74) is 9.38. The van der Waals surface area contributed by atoms with Crippen LogP contribution in [0.25, 0.3) is 5.65 Å². The van der Waals surface area contributed by atoms with Crippen molar-refractivity contribution in [3.8, 4) is 6.01 Å². The van der Waals surface area contributed by atoms with Crippen LogP contribution in [-0.4, -0.2) is 53.1 Å². The molecule has 0 saturated carbocycles. The van der Waals surface area contributed by atoms with E-state index in [1.165, 1.54) is 0 Å². The molecular formula is C20H28N6O3. The highest BCUT2D eigenvalue weighted by Gasteiger charge is 2.16. The van der Waals surface area contributed by atoms with Gasteiger partial charge in [0, 0.05) is 24.9 Å². The van der Waals surface area contributed by atoms with Crippen molar-refractivity contribution in [3.05, 3.63) is 41.6 Å². The molecule has 0 aliphatic rings. The molecule has 3 N–H and O–H groups in total. The number of anilines is 2. The highest BCUT2D eigenvalue weighted by Crippen LogP contribution is 2.23. The second-order valence-corrected chi connectivity index (χ2v) is 6.87. The maximum atomic E-state index is 5.87. The van der Waals surface area contributed by atoms with E-state index in [1.54, 1.807) is 11.6 Å². The molecule has 0 saturated heterocycles. The van der Waals surface area contributed by atoms with Gasteiger partial charge in [-0.25, -0.2) is 0 Å². The van der Waals surface area contributed by atoms with Crippen molar-refractivity contribution in [2.45, 2.75) is 26.3 Å². The molecule has 0 atom stereocenters. The highest BCUT2D eigenvalue weighted by atomic mass is 16.5. The van der Waals surface area contributed by atoms with Gasteiger partial charge in [-0.1, -0.05) is 26.0 Å². The van der Waals surface area contributed by atoms with Crippen LogP contribution in [0.3, 0.4) is 0 Å². The molecule has 0 aliphatic heterocycles. The van der Waals surface area contributed by atoms with Crippen molar-refractivity contribution in [2.75, 3.05) is 44.6 Å². The molecular weight excluding hydrogens is 372 g/mol. The third-order valence-electron chi connectivity index (χ3n) is 4.29. The Balaban J connectivity index is 1.77. The SMILES string of the molecule is COCCOCCOc1nc(NCc2cccc(N)c2)n2ncc(C(C)C)c2n1. The fraction of sp³-hybridized carbons (Fsp3) is 0.450. The zero-order valence-corrected chi connectivity index (χ0v) is 17.1. The number of nitrogens with zero attached hydrogens (tertiary/aromatic N) is 4. The lowest BCUT2D eigenvalue weighted by atomic mass is 10.1. The Bertz CT molecular complexity index is 928. The summed E-state index contributed by atoms with van der Waals surface area (Å²) >= 11 is 0. The predicted octanol–water partition coefficient (Wildman–Crippen LogP) is 2.48. The van der Waals surface area contributed by atoms with Crippen molar-refractivity contribution in [1.29, 1.82) is 0 Å². The molecule has 2 heterocycles. The Kier molecular flexibility index (Phi) is 7.20. The number of hydrogen-bond acceptors (Lipinski definition) is 8. The molecule has 156 valence electrons. The maximum absolute atomic E-state index is 5.87. The van der Waals surface area contributed by atoms with Crippen molar-refractivity contribution in [3.63, 3.8) is 0 Å². The molecule has 0 spiro atoms. The molecule has 3 rings (SSSR count). The molecule has 2 aromatic heterocycles. The molecule has 9 nitrogen and oxygen atoms in total. The Labute approximate surface area is 170 Å². The highest BCUT2D eigenvalue weighted by molar-refractivity contribution is 5.53. The second kappa shape index (κ2) is 10.0. The summed E-state index contributed by atoms with van der Waals surface area (Å²) < 4.78 is 17.8. The summed E-state index contributed by atoms with van der Waals surface area (Å²) in [6.07, 6.45) is 1.82. The van der Waals surface area contributed by atoms with E-state index in [4.69, 9.17) is 19.9 Å². The second-order valence-electron chi connectivity index (χ2n) is 6.87. The summed E-state index contributed by atoms with van der Waals surface area (Å²) in [7, 11) is 1.64. The van der Waals surface area contributed by atoms with Gasteiger partial charge < -0.3 is 25.3 Å². The first-order valence-electron chi connectivity index (χ1n) is 9.62. The number of ether oxygens (including phenoxy) is 3. The quantitative estimate of drug-likeness (QED) is 0.373. The van der Waals surface area contributed by atoms with Crippen LogP contribution >= 0.6 is 0 Å². The first kappa shape index (κ1) is 20.8. The van der Waals surface area contributed by atoms with E-state index in [2.05, 4.69) is 34.2 Å². The van der Waals surface area contributed by atoms with Gasteiger partial charge in [-0.2, -0.15) is 19.6 Å². The van der Waals surface area contributed by atoms with E-state index >= 15 is 0 Å². The summed E-state index contributed by atoms with van der Waals surface area (Å²) in [5.74, 6) is 0.828. The number of nitrogens with two attached hydrogens (primary N) is 1. The van der Waals surface area contributed by atoms with Gasteiger partial charge in [0.25, 0.3) is 0 Å². The van der Waals surface area contributed by atoms with Crippen LogP contribution in [0.15, 0.2) is 30.5 Å². The molecule has 0 amide bonds. The molecule has 0 fully saturated rings. The van der Waals surface area contributed by atoms with E-state index in [1.807, 2.05) is 30.5 Å². The van der Waals surface area contributed by atoms with Crippen LogP contribution < -0.4 is 15.8 Å². The van der Waals surface area contributed by atoms with Crippen LogP contribution in [-0.2, 0) is 16.0 Å². The van der Waals surface area contributed by atoms with Gasteiger partial charge in [-0.3, -0.25) is 0 Å². The minimum Gasteiger partial charge on any atom is -0.461 e. The molecule has 0 bridgehead atoms. The van der Waals surface area contributed by atoms with Crippen molar-refractivity contribution < 1.29 is 14.2 Å². The molecule has 3 aromatic rings. The number of fused-ring (bicyclic) bond motifs is 1. The zero-order valence-electron chi connectivity index (χ0n) is 17.1. The van der Waals surface area contributed by atoms with E-state index in [0.717, 1.165) is 22.5 Å². The number of methoxy groups -OCH3 is 1. The first-order valence-corrected chi connectivity index (χ1v) is 9.62. The van der Waals surface area contributed by atoms with Crippen LogP contribution in [0, 0.1) is 0 Å². The van der Waals surface area contributed by atoms with Gasteiger partial charge in [0.1, 0.15) is 6.61 Å². The van der Waals surface area contributed by atoms with Gasteiger partial charge in [-0.05, 0) is 23.6 Å². The fourth-order valence-electron chi connectivity index (χ4n) is 2.78. The van der Waals surface area contributed by atoms with E-state index in [9.17, 15) is 0 Å². The summed E-state index contributed by atoms with van der Waals surface area (Å²) in [5, 5.41) is 7.76. The van der Waals surface area contributed by atoms with Gasteiger partial charge in [0.15, 0.2) is 5.65 Å². The summed E-state index contributed by atoms with van der Waals surface area (Å²) in [6.45, 7) is 6.60. The Morgan fingerprint density at radius 1 is 1.14 bits per heavy atom. The van der Waals surface area contributed by atoms with Crippen LogP contribution in [0.4, 0.5) is 11.6 Å². The Morgan fingerprint density at radius 2 is 1.97 bits per heavy atom. The van der Waals surface area contributed by atoms with Gasteiger partial charge in [-0.15, -0.1) is 0 Å². The smallest absolute Gasteiger partial charge is 0.321 e. The van der Waals surface area contributed by atoms with E-state index < -0.39 is 0 Å². The molecule has 0 unspecified atom stereocenters. The average Bonchev–Trinajstić information content (AvgIpc) is 3.13. The average molecular weight is 400 g/mol. The molecule has 1 aromatic carbocycles. The third-order valence-corrected chi connectivity index (χ3v) is 4.29. The maximum Gasteiger partial charge on any atom is 0.321 e. The lowest BCUT2D eigenvalue weighted by molar-refractivity contribution is 0.0528. The molecule has 0 radical (unpaired) electrons. The number of hydrogen-bond donors (Lipinski definition) is 2. The summed E-state index contributed by atoms with van der Waals surface area (Å²) in [4.78, 5) is 9.04. The Hall–Kier alpha value is -2.91. The minimum atomic E-state index is 0.273. The standard InChI is InChI=1S/C20H28N6O3/c1-14(2)17-13-23-26-18(17)24-20(29-10-9-28-8-7-27-3)25-19(26)22-12-15-5-4-6-16(21)11-15/h4-6,11,13-14H,7-10,12,21H2,1-3H3,(H,22,24,25). The van der Waals surface area contributed by atoms with Crippen LogP contribution in [0.5, 0.6) is 6.01 Å². The van der Waals surface area contributed by atoms with Crippen molar-refractivity contribution >= 4 is 17.3 Å². The summed E-state index contributed by atoms with van der Waals surface area (Å²) in [6, 6.07) is 7.98. The van der Waals surface area contributed by atoms with Crippen LogP contribution in [0.2, 0.25) is 0 Å². The number of nitrogen functional groups attached to an aromatic ring is 1. The number of nitrogens with one attached hydrogen (secondary N) is 1. The topological polar surface area (TPSA) is 109 Å². The molecule has 29 heavy (non-hydrogen) atoms. The van der Waals surface area contributed by atoms with Gasteiger partial charge in [0.05, 0.1) is 26.0 Å². The Morgan fingerprint density at radius 3 is 2.72 bits per heavy atom. The number of benzene rings is 1. The molecule has 0 aliphatic carbocycles. The van der Waals surface area contributed by atoms with Crippen molar-refractivity contribution in [2.24, 2.45) is 0 Å². The van der Waals surface area contributed by atoms with E-state index in [0.29, 0.717) is 38.9 Å².